The van der Waals surface area contributed by atoms with Crippen molar-refractivity contribution in [3.05, 3.63) is 54.3 Å². The number of hydrogen-bond donors (Lipinski definition) is 3. The molecule has 2 aromatic carbocycles. The standard InChI is InChI=1S/C23H31FN4O3/c1-3-25-23(26-14-19(29)16-31-20-10-8-17(24)9-11-20)27-18-12-13-28(15-18)21-6-4-5-7-22(21)30-2/h4-11,18-19,29H,3,12-16H2,1-2H3,(H2,25,26,27). The van der Waals surface area contributed by atoms with Gasteiger partial charge < -0.3 is 30.1 Å². The Bertz CT molecular complexity index is 847. The predicted molar refractivity (Wildman–Crippen MR) is 121 cm³/mol. The minimum absolute atomic E-state index is 0.0829. The number of aliphatic hydroxyl groups is 1. The lowest BCUT2D eigenvalue weighted by Gasteiger charge is -2.22. The van der Waals surface area contributed by atoms with Gasteiger partial charge in [0.2, 0.25) is 0 Å². The Kier molecular flexibility index (Phi) is 8.35. The summed E-state index contributed by atoms with van der Waals surface area (Å²) in [5.41, 5.74) is 1.09. The first kappa shape index (κ1) is 22.7. The van der Waals surface area contributed by atoms with Crippen LogP contribution in [0, 0.1) is 5.82 Å². The maximum Gasteiger partial charge on any atom is 0.191 e. The number of halogens is 1. The van der Waals surface area contributed by atoms with Gasteiger partial charge in [-0.25, -0.2) is 4.39 Å². The fourth-order valence-corrected chi connectivity index (χ4v) is 3.47. The molecule has 2 atom stereocenters. The number of guanidine groups is 1. The number of benzene rings is 2. The number of aliphatic hydroxyl groups excluding tert-OH is 1. The summed E-state index contributed by atoms with van der Waals surface area (Å²) in [6, 6.07) is 14.0. The van der Waals surface area contributed by atoms with Crippen molar-refractivity contribution in [3.63, 3.8) is 0 Å². The molecule has 0 saturated carbocycles. The molecule has 1 aliphatic heterocycles. The normalized spacial score (nSPS) is 17.4. The zero-order chi connectivity index (χ0) is 22.1. The van der Waals surface area contributed by atoms with E-state index in [4.69, 9.17) is 9.47 Å². The van der Waals surface area contributed by atoms with Gasteiger partial charge in [0.15, 0.2) is 5.96 Å². The topological polar surface area (TPSA) is 78.4 Å². The van der Waals surface area contributed by atoms with Crippen molar-refractivity contribution in [3.8, 4) is 11.5 Å². The molecule has 0 amide bonds. The Morgan fingerprint density at radius 1 is 1.26 bits per heavy atom. The molecule has 3 N–H and O–H groups in total. The third kappa shape index (κ3) is 6.75. The van der Waals surface area contributed by atoms with Crippen LogP contribution in [-0.4, -0.2) is 63.1 Å². The predicted octanol–water partition coefficient (Wildman–Crippen LogP) is 2.41. The highest BCUT2D eigenvalue weighted by Gasteiger charge is 2.25. The van der Waals surface area contributed by atoms with Crippen LogP contribution >= 0.6 is 0 Å². The van der Waals surface area contributed by atoms with Crippen LogP contribution < -0.4 is 25.0 Å². The lowest BCUT2D eigenvalue weighted by Crippen LogP contribution is -2.45. The van der Waals surface area contributed by atoms with Crippen LogP contribution in [0.2, 0.25) is 0 Å². The largest absolute Gasteiger partial charge is 0.495 e. The molecule has 8 heteroatoms. The van der Waals surface area contributed by atoms with E-state index < -0.39 is 6.10 Å². The van der Waals surface area contributed by atoms with E-state index in [2.05, 4.69) is 26.6 Å². The summed E-state index contributed by atoms with van der Waals surface area (Å²) in [5, 5.41) is 16.9. The minimum atomic E-state index is -0.769. The molecule has 7 nitrogen and oxygen atoms in total. The molecule has 3 rings (SSSR count). The summed E-state index contributed by atoms with van der Waals surface area (Å²) in [6.07, 6.45) is 0.202. The number of hydrogen-bond acceptors (Lipinski definition) is 5. The summed E-state index contributed by atoms with van der Waals surface area (Å²) in [4.78, 5) is 6.79. The molecule has 0 radical (unpaired) electrons. The Morgan fingerprint density at radius 3 is 2.77 bits per heavy atom. The van der Waals surface area contributed by atoms with E-state index in [1.54, 1.807) is 7.11 Å². The highest BCUT2D eigenvalue weighted by atomic mass is 19.1. The van der Waals surface area contributed by atoms with E-state index in [9.17, 15) is 9.50 Å². The molecule has 168 valence electrons. The fourth-order valence-electron chi connectivity index (χ4n) is 3.47. The first-order valence-corrected chi connectivity index (χ1v) is 10.6. The van der Waals surface area contributed by atoms with E-state index >= 15 is 0 Å². The van der Waals surface area contributed by atoms with Crippen molar-refractivity contribution >= 4 is 11.6 Å². The second kappa shape index (κ2) is 11.4. The van der Waals surface area contributed by atoms with E-state index in [0.717, 1.165) is 37.5 Å². The number of para-hydroxylation sites is 2. The van der Waals surface area contributed by atoms with Crippen LogP contribution in [0.4, 0.5) is 10.1 Å². The number of aliphatic imine (C=N–C) groups is 1. The molecule has 1 fully saturated rings. The lowest BCUT2D eigenvalue weighted by atomic mass is 10.2. The van der Waals surface area contributed by atoms with Crippen molar-refractivity contribution in [1.82, 2.24) is 10.6 Å². The summed E-state index contributed by atoms with van der Waals surface area (Å²) in [6.45, 7) is 4.75. The number of nitrogens with zero attached hydrogens (tertiary/aromatic N) is 2. The van der Waals surface area contributed by atoms with Gasteiger partial charge in [-0.05, 0) is 49.7 Å². The average Bonchev–Trinajstić information content (AvgIpc) is 3.25. The first-order chi connectivity index (χ1) is 15.1. The van der Waals surface area contributed by atoms with Crippen LogP contribution in [0.3, 0.4) is 0 Å². The van der Waals surface area contributed by atoms with Gasteiger partial charge in [-0.15, -0.1) is 0 Å². The lowest BCUT2D eigenvalue weighted by molar-refractivity contribution is 0.114. The first-order valence-electron chi connectivity index (χ1n) is 10.6. The zero-order valence-corrected chi connectivity index (χ0v) is 18.1. The van der Waals surface area contributed by atoms with E-state index in [1.807, 2.05) is 25.1 Å². The van der Waals surface area contributed by atoms with E-state index in [1.165, 1.54) is 24.3 Å². The summed E-state index contributed by atoms with van der Waals surface area (Å²) < 4.78 is 23.9. The van der Waals surface area contributed by atoms with Gasteiger partial charge in [-0.2, -0.15) is 0 Å². The van der Waals surface area contributed by atoms with Crippen molar-refractivity contribution in [2.75, 3.05) is 44.8 Å². The van der Waals surface area contributed by atoms with Gasteiger partial charge in [-0.1, -0.05) is 12.1 Å². The number of methoxy groups -OCH3 is 1. The summed E-state index contributed by atoms with van der Waals surface area (Å²) in [5.74, 6) is 1.72. The Balaban J connectivity index is 1.50. The van der Waals surface area contributed by atoms with Gasteiger partial charge in [-0.3, -0.25) is 4.99 Å². The molecule has 0 aliphatic carbocycles. The number of rotatable bonds is 9. The number of ether oxygens (including phenoxy) is 2. The van der Waals surface area contributed by atoms with Crippen LogP contribution in [0.15, 0.2) is 53.5 Å². The maximum atomic E-state index is 12.9. The zero-order valence-electron chi connectivity index (χ0n) is 18.1. The minimum Gasteiger partial charge on any atom is -0.495 e. The molecule has 1 aliphatic rings. The molecule has 0 aromatic heterocycles. The smallest absolute Gasteiger partial charge is 0.191 e. The van der Waals surface area contributed by atoms with Crippen molar-refractivity contribution in [2.24, 2.45) is 4.99 Å². The highest BCUT2D eigenvalue weighted by Crippen LogP contribution is 2.30. The van der Waals surface area contributed by atoms with Crippen LogP contribution in [0.5, 0.6) is 11.5 Å². The number of anilines is 1. The highest BCUT2D eigenvalue weighted by molar-refractivity contribution is 5.80. The summed E-state index contributed by atoms with van der Waals surface area (Å²) in [7, 11) is 1.69. The van der Waals surface area contributed by atoms with Crippen molar-refractivity contribution < 1.29 is 19.0 Å². The maximum absolute atomic E-state index is 12.9. The quantitative estimate of drug-likeness (QED) is 0.419. The van der Waals surface area contributed by atoms with Crippen LogP contribution in [0.25, 0.3) is 0 Å². The van der Waals surface area contributed by atoms with E-state index in [0.29, 0.717) is 11.7 Å². The van der Waals surface area contributed by atoms with Gasteiger partial charge in [0.05, 0.1) is 19.3 Å². The Morgan fingerprint density at radius 2 is 2.03 bits per heavy atom. The van der Waals surface area contributed by atoms with Gasteiger partial charge in [0, 0.05) is 25.7 Å². The Labute approximate surface area is 182 Å². The molecule has 2 aromatic rings. The third-order valence-corrected chi connectivity index (χ3v) is 5.02. The van der Waals surface area contributed by atoms with Gasteiger partial charge in [0.1, 0.15) is 30.0 Å². The van der Waals surface area contributed by atoms with E-state index in [-0.39, 0.29) is 25.0 Å². The molecule has 0 spiro atoms. The Hall–Kier alpha value is -3.00. The van der Waals surface area contributed by atoms with Gasteiger partial charge in [0.25, 0.3) is 0 Å². The molecule has 31 heavy (non-hydrogen) atoms. The second-order valence-corrected chi connectivity index (χ2v) is 7.39. The molecular weight excluding hydrogens is 399 g/mol. The SMILES string of the molecule is CCNC(=NCC(O)COc1ccc(F)cc1)NC1CCN(c2ccccc2OC)C1. The fraction of sp³-hybridized carbons (Fsp3) is 0.435. The molecule has 0 bridgehead atoms. The number of nitrogens with one attached hydrogen (secondary N) is 2. The summed E-state index contributed by atoms with van der Waals surface area (Å²) >= 11 is 0. The third-order valence-electron chi connectivity index (χ3n) is 5.02. The van der Waals surface area contributed by atoms with Crippen molar-refractivity contribution in [1.29, 1.82) is 0 Å². The molecular formula is C23H31FN4O3. The van der Waals surface area contributed by atoms with Gasteiger partial charge >= 0.3 is 0 Å². The van der Waals surface area contributed by atoms with Crippen molar-refractivity contribution in [2.45, 2.75) is 25.5 Å². The monoisotopic (exact) mass is 430 g/mol. The molecule has 1 saturated heterocycles. The molecule has 1 heterocycles. The van der Waals surface area contributed by atoms with Crippen LogP contribution in [-0.2, 0) is 0 Å². The average molecular weight is 431 g/mol. The second-order valence-electron chi connectivity index (χ2n) is 7.39. The van der Waals surface area contributed by atoms with Crippen LogP contribution in [0.1, 0.15) is 13.3 Å². The molecule has 2 unspecified atom stereocenters.